The van der Waals surface area contributed by atoms with Gasteiger partial charge in [-0.05, 0) is 46.2 Å². The van der Waals surface area contributed by atoms with E-state index in [2.05, 4.69) is 32.4 Å². The van der Waals surface area contributed by atoms with E-state index in [1.54, 1.807) is 16.0 Å². The number of nitrogens with zero attached hydrogens (tertiary/aromatic N) is 4. The molecular weight excluding hydrogens is 232 g/mol. The topological polar surface area (TPSA) is 43.6 Å². The molecule has 2 rings (SSSR count). The maximum absolute atomic E-state index is 5.95. The Kier molecular flexibility index (Phi) is 3.33. The maximum Gasteiger partial charge on any atom is 0.168 e. The Hall–Kier alpha value is -0.940. The van der Waals surface area contributed by atoms with E-state index in [-0.39, 0.29) is 5.38 Å². The molecule has 0 bridgehead atoms. The Balaban J connectivity index is 2.02. The Morgan fingerprint density at radius 3 is 3.13 bits per heavy atom. The van der Waals surface area contributed by atoms with Crippen LogP contribution in [0.2, 0.25) is 0 Å². The summed E-state index contributed by atoms with van der Waals surface area (Å²) in [5.41, 5.74) is 1.31. The molecule has 2 aromatic heterocycles. The molecule has 4 nitrogen and oxygen atoms in total. The number of rotatable bonds is 4. The highest BCUT2D eigenvalue weighted by atomic mass is 35.5. The van der Waals surface area contributed by atoms with Crippen molar-refractivity contribution in [2.45, 2.75) is 25.3 Å². The summed E-state index contributed by atoms with van der Waals surface area (Å²) in [7, 11) is 0. The Bertz CT molecular complexity index is 409. The van der Waals surface area contributed by atoms with Crippen LogP contribution in [0.1, 0.15) is 23.7 Å². The second-order valence-corrected chi connectivity index (χ2v) is 4.69. The lowest BCUT2D eigenvalue weighted by Crippen LogP contribution is -2.08. The molecular formula is C9H11ClN4S. The predicted molar refractivity (Wildman–Crippen MR) is 60.1 cm³/mol. The third kappa shape index (κ3) is 2.54. The molecule has 0 aliphatic heterocycles. The van der Waals surface area contributed by atoms with Crippen molar-refractivity contribution in [3.8, 4) is 0 Å². The number of aromatic nitrogens is 4. The van der Waals surface area contributed by atoms with Gasteiger partial charge in [0.25, 0.3) is 0 Å². The molecule has 2 aromatic rings. The van der Waals surface area contributed by atoms with Gasteiger partial charge in [-0.2, -0.15) is 11.3 Å². The number of thiophene rings is 1. The largest absolute Gasteiger partial charge is 0.228 e. The zero-order chi connectivity index (χ0) is 10.7. The van der Waals surface area contributed by atoms with Crippen LogP contribution >= 0.6 is 22.9 Å². The summed E-state index contributed by atoms with van der Waals surface area (Å²) in [5, 5.41) is 15.5. The highest BCUT2D eigenvalue weighted by molar-refractivity contribution is 7.07. The first kappa shape index (κ1) is 10.6. The van der Waals surface area contributed by atoms with Gasteiger partial charge in [0.2, 0.25) is 0 Å². The first-order valence-electron chi connectivity index (χ1n) is 4.68. The minimum atomic E-state index is -0.150. The van der Waals surface area contributed by atoms with Gasteiger partial charge >= 0.3 is 0 Å². The molecule has 0 aromatic carbocycles. The van der Waals surface area contributed by atoms with Gasteiger partial charge in [0.05, 0.1) is 5.38 Å². The van der Waals surface area contributed by atoms with Crippen LogP contribution in [-0.2, 0) is 13.0 Å². The molecule has 0 aliphatic carbocycles. The number of aryl methyl sites for hydroxylation is 2. The van der Waals surface area contributed by atoms with Gasteiger partial charge in [-0.3, -0.25) is 0 Å². The molecule has 1 unspecified atom stereocenters. The van der Waals surface area contributed by atoms with E-state index in [9.17, 15) is 0 Å². The smallest absolute Gasteiger partial charge is 0.168 e. The normalized spacial score (nSPS) is 12.9. The lowest BCUT2D eigenvalue weighted by atomic mass is 10.2. The molecule has 0 saturated carbocycles. The fourth-order valence-electron chi connectivity index (χ4n) is 1.33. The highest BCUT2D eigenvalue weighted by Gasteiger charge is 2.11. The standard InChI is InChI=1S/C9H11ClN4S/c1-7(10)9-11-12-13-14(9)4-2-8-3-5-15-6-8/h3,5-7H,2,4H2,1H3. The summed E-state index contributed by atoms with van der Waals surface area (Å²) < 4.78 is 1.76. The van der Waals surface area contributed by atoms with Crippen LogP contribution in [0.25, 0.3) is 0 Å². The van der Waals surface area contributed by atoms with Crippen molar-refractivity contribution >= 4 is 22.9 Å². The number of hydrogen-bond acceptors (Lipinski definition) is 4. The molecule has 0 N–H and O–H groups in total. The summed E-state index contributed by atoms with van der Waals surface area (Å²) >= 11 is 7.65. The second-order valence-electron chi connectivity index (χ2n) is 3.26. The number of alkyl halides is 1. The van der Waals surface area contributed by atoms with Crippen LogP contribution in [0.3, 0.4) is 0 Å². The van der Waals surface area contributed by atoms with Gasteiger partial charge in [-0.1, -0.05) is 0 Å². The summed E-state index contributed by atoms with van der Waals surface area (Å²) in [6.07, 6.45) is 0.936. The molecule has 0 aliphatic rings. The molecule has 2 heterocycles. The van der Waals surface area contributed by atoms with E-state index in [1.807, 2.05) is 6.92 Å². The minimum absolute atomic E-state index is 0.150. The Morgan fingerprint density at radius 2 is 2.47 bits per heavy atom. The van der Waals surface area contributed by atoms with Crippen LogP contribution in [0.4, 0.5) is 0 Å². The average molecular weight is 243 g/mol. The van der Waals surface area contributed by atoms with Crippen LogP contribution < -0.4 is 0 Å². The average Bonchev–Trinajstić information content (AvgIpc) is 2.86. The lowest BCUT2D eigenvalue weighted by Gasteiger charge is -2.04. The molecule has 15 heavy (non-hydrogen) atoms. The fraction of sp³-hybridized carbons (Fsp3) is 0.444. The summed E-state index contributed by atoms with van der Waals surface area (Å²) in [4.78, 5) is 0. The van der Waals surface area contributed by atoms with E-state index in [1.165, 1.54) is 5.56 Å². The van der Waals surface area contributed by atoms with Gasteiger partial charge in [-0.25, -0.2) is 4.68 Å². The first-order valence-corrected chi connectivity index (χ1v) is 6.06. The molecule has 6 heteroatoms. The summed E-state index contributed by atoms with van der Waals surface area (Å²) in [6, 6.07) is 2.11. The van der Waals surface area contributed by atoms with E-state index in [0.29, 0.717) is 0 Å². The van der Waals surface area contributed by atoms with Gasteiger partial charge < -0.3 is 0 Å². The molecule has 0 fully saturated rings. The van der Waals surface area contributed by atoms with Crippen molar-refractivity contribution in [1.29, 1.82) is 0 Å². The molecule has 80 valence electrons. The third-order valence-corrected chi connectivity index (χ3v) is 3.04. The minimum Gasteiger partial charge on any atom is -0.228 e. The monoisotopic (exact) mass is 242 g/mol. The zero-order valence-corrected chi connectivity index (χ0v) is 9.87. The molecule has 0 saturated heterocycles. The van der Waals surface area contributed by atoms with Gasteiger partial charge in [0, 0.05) is 6.54 Å². The van der Waals surface area contributed by atoms with E-state index < -0.39 is 0 Å². The second kappa shape index (κ2) is 4.72. The van der Waals surface area contributed by atoms with Crippen molar-refractivity contribution in [2.75, 3.05) is 0 Å². The molecule has 0 amide bonds. The zero-order valence-electron chi connectivity index (χ0n) is 8.30. The SMILES string of the molecule is CC(Cl)c1nnnn1CCc1ccsc1. The predicted octanol–water partition coefficient (Wildman–Crippen LogP) is 2.28. The fourth-order valence-corrected chi connectivity index (χ4v) is 2.19. The summed E-state index contributed by atoms with van der Waals surface area (Å²) in [5.74, 6) is 0.729. The Morgan fingerprint density at radius 1 is 1.60 bits per heavy atom. The van der Waals surface area contributed by atoms with Crippen LogP contribution in [0, 0.1) is 0 Å². The molecule has 1 atom stereocenters. The van der Waals surface area contributed by atoms with Gasteiger partial charge in [-0.15, -0.1) is 16.7 Å². The maximum atomic E-state index is 5.95. The van der Waals surface area contributed by atoms with Gasteiger partial charge in [0.15, 0.2) is 5.82 Å². The quantitative estimate of drug-likeness (QED) is 0.773. The molecule has 0 spiro atoms. The van der Waals surface area contributed by atoms with Crippen molar-refractivity contribution < 1.29 is 0 Å². The number of hydrogen-bond donors (Lipinski definition) is 0. The van der Waals surface area contributed by atoms with E-state index in [4.69, 9.17) is 11.6 Å². The number of tetrazole rings is 1. The van der Waals surface area contributed by atoms with Crippen LogP contribution in [0.15, 0.2) is 16.8 Å². The van der Waals surface area contributed by atoms with E-state index >= 15 is 0 Å². The van der Waals surface area contributed by atoms with Crippen molar-refractivity contribution in [1.82, 2.24) is 20.2 Å². The highest BCUT2D eigenvalue weighted by Crippen LogP contribution is 2.16. The van der Waals surface area contributed by atoms with Crippen molar-refractivity contribution in [3.05, 3.63) is 28.2 Å². The lowest BCUT2D eigenvalue weighted by molar-refractivity contribution is 0.564. The number of halogens is 1. The van der Waals surface area contributed by atoms with Crippen LogP contribution in [-0.4, -0.2) is 20.2 Å². The van der Waals surface area contributed by atoms with E-state index in [0.717, 1.165) is 18.8 Å². The van der Waals surface area contributed by atoms with Crippen molar-refractivity contribution in [2.24, 2.45) is 0 Å². The van der Waals surface area contributed by atoms with Gasteiger partial charge in [0.1, 0.15) is 0 Å². The summed E-state index contributed by atoms with van der Waals surface area (Å²) in [6.45, 7) is 2.64. The van der Waals surface area contributed by atoms with Crippen LogP contribution in [0.5, 0.6) is 0 Å². The first-order chi connectivity index (χ1) is 7.27. The molecule has 0 radical (unpaired) electrons. The Labute approximate surface area is 96.9 Å². The third-order valence-electron chi connectivity index (χ3n) is 2.11. The van der Waals surface area contributed by atoms with Crippen molar-refractivity contribution in [3.63, 3.8) is 0 Å².